The molecule has 0 aromatic heterocycles. The van der Waals surface area contributed by atoms with Crippen LogP contribution in [0.5, 0.6) is 0 Å². The molecule has 1 aromatic rings. The summed E-state index contributed by atoms with van der Waals surface area (Å²) in [6.07, 6.45) is 0.112. The molecule has 6 nitrogen and oxygen atoms in total. The van der Waals surface area contributed by atoms with E-state index in [0.717, 1.165) is 5.56 Å². The molecule has 0 spiro atoms. The quantitative estimate of drug-likeness (QED) is 0.656. The van der Waals surface area contributed by atoms with Gasteiger partial charge in [0.05, 0.1) is 4.90 Å². The summed E-state index contributed by atoms with van der Waals surface area (Å²) in [4.78, 5) is 11.9. The van der Waals surface area contributed by atoms with E-state index in [4.69, 9.17) is 0 Å². The van der Waals surface area contributed by atoms with Gasteiger partial charge in [0.25, 0.3) is 0 Å². The van der Waals surface area contributed by atoms with Crippen LogP contribution in [-0.2, 0) is 14.8 Å². The number of likely N-dealkylation sites (N-methyl/N-ethyl adjacent to an activating group) is 1. The molecule has 1 rings (SSSR count). The minimum atomic E-state index is -3.59. The molecule has 0 fully saturated rings. The second kappa shape index (κ2) is 8.26. The first-order valence-corrected chi connectivity index (χ1v) is 8.75. The molecule has 0 bridgehead atoms. The standard InChI is InChI=1S/C15H25N3O3S/c1-11-5-6-12(2)14(9-11)22(20,21)18-8-7-15(19)17-10-13(3)16-4/h5-6,9,13,16,18H,7-8,10H2,1-4H3,(H,17,19). The van der Waals surface area contributed by atoms with Crippen molar-refractivity contribution in [3.05, 3.63) is 29.3 Å². The van der Waals surface area contributed by atoms with E-state index in [1.807, 2.05) is 27.0 Å². The Morgan fingerprint density at radius 1 is 1.27 bits per heavy atom. The Balaban J connectivity index is 2.53. The molecule has 1 atom stereocenters. The van der Waals surface area contributed by atoms with Crippen LogP contribution in [-0.4, -0.2) is 40.5 Å². The summed E-state index contributed by atoms with van der Waals surface area (Å²) in [5.74, 6) is -0.175. The third kappa shape index (κ3) is 5.75. The Morgan fingerprint density at radius 3 is 2.59 bits per heavy atom. The average Bonchev–Trinajstić information content (AvgIpc) is 2.46. The molecule has 0 saturated heterocycles. The Hall–Kier alpha value is -1.44. The first-order chi connectivity index (χ1) is 10.3. The summed E-state index contributed by atoms with van der Waals surface area (Å²) in [5.41, 5.74) is 1.56. The van der Waals surface area contributed by atoms with Crippen LogP contribution in [0.2, 0.25) is 0 Å². The van der Waals surface area contributed by atoms with E-state index in [9.17, 15) is 13.2 Å². The van der Waals surface area contributed by atoms with Gasteiger partial charge in [0, 0.05) is 25.6 Å². The molecule has 22 heavy (non-hydrogen) atoms. The van der Waals surface area contributed by atoms with Gasteiger partial charge >= 0.3 is 0 Å². The van der Waals surface area contributed by atoms with E-state index in [1.165, 1.54) is 0 Å². The fraction of sp³-hybridized carbons (Fsp3) is 0.533. The van der Waals surface area contributed by atoms with Crippen LogP contribution < -0.4 is 15.4 Å². The molecular formula is C15H25N3O3S. The number of amides is 1. The van der Waals surface area contributed by atoms with E-state index < -0.39 is 10.0 Å². The fourth-order valence-corrected chi connectivity index (χ4v) is 3.19. The number of carbonyl (C=O) groups is 1. The third-order valence-electron chi connectivity index (χ3n) is 3.38. The maximum absolute atomic E-state index is 12.2. The zero-order valence-electron chi connectivity index (χ0n) is 13.6. The van der Waals surface area contributed by atoms with Crippen molar-refractivity contribution in [2.45, 2.75) is 38.1 Å². The summed E-state index contributed by atoms with van der Waals surface area (Å²) in [5, 5.41) is 5.75. The Bertz CT molecular complexity index is 614. The van der Waals surface area contributed by atoms with Crippen molar-refractivity contribution in [2.24, 2.45) is 0 Å². The lowest BCUT2D eigenvalue weighted by Gasteiger charge is -2.12. The third-order valence-corrected chi connectivity index (χ3v) is 4.98. The van der Waals surface area contributed by atoms with Crippen molar-refractivity contribution in [3.8, 4) is 0 Å². The molecule has 0 aliphatic carbocycles. The maximum Gasteiger partial charge on any atom is 0.240 e. The van der Waals surface area contributed by atoms with Gasteiger partial charge in [-0.2, -0.15) is 0 Å². The van der Waals surface area contributed by atoms with Gasteiger partial charge in [0.2, 0.25) is 15.9 Å². The zero-order chi connectivity index (χ0) is 16.8. The van der Waals surface area contributed by atoms with Gasteiger partial charge in [-0.25, -0.2) is 13.1 Å². The lowest BCUT2D eigenvalue weighted by atomic mass is 10.2. The number of sulfonamides is 1. The number of carbonyl (C=O) groups excluding carboxylic acids is 1. The van der Waals surface area contributed by atoms with Gasteiger partial charge in [0.15, 0.2) is 0 Å². The first kappa shape index (κ1) is 18.6. The molecule has 3 N–H and O–H groups in total. The highest BCUT2D eigenvalue weighted by Gasteiger charge is 2.17. The summed E-state index contributed by atoms with van der Waals surface area (Å²) in [6.45, 7) is 6.13. The highest BCUT2D eigenvalue weighted by molar-refractivity contribution is 7.89. The van der Waals surface area contributed by atoms with Gasteiger partial charge in [0.1, 0.15) is 0 Å². The van der Waals surface area contributed by atoms with Gasteiger partial charge in [-0.05, 0) is 45.0 Å². The predicted molar refractivity (Wildman–Crippen MR) is 87.3 cm³/mol. The zero-order valence-corrected chi connectivity index (χ0v) is 14.4. The van der Waals surface area contributed by atoms with Crippen molar-refractivity contribution < 1.29 is 13.2 Å². The van der Waals surface area contributed by atoms with Crippen LogP contribution in [0, 0.1) is 13.8 Å². The van der Waals surface area contributed by atoms with E-state index >= 15 is 0 Å². The van der Waals surface area contributed by atoms with Gasteiger partial charge in [-0.1, -0.05) is 12.1 Å². The molecule has 0 saturated carbocycles. The normalized spacial score (nSPS) is 12.9. The molecular weight excluding hydrogens is 302 g/mol. The summed E-state index contributed by atoms with van der Waals surface area (Å²) in [7, 11) is -1.77. The fourth-order valence-electron chi connectivity index (χ4n) is 1.83. The molecule has 1 unspecified atom stereocenters. The number of benzene rings is 1. The second-order valence-electron chi connectivity index (χ2n) is 5.41. The molecule has 0 heterocycles. The maximum atomic E-state index is 12.2. The van der Waals surface area contributed by atoms with E-state index in [0.29, 0.717) is 12.1 Å². The minimum absolute atomic E-state index is 0.0789. The van der Waals surface area contributed by atoms with E-state index in [2.05, 4.69) is 15.4 Å². The summed E-state index contributed by atoms with van der Waals surface area (Å²) in [6, 6.07) is 5.45. The van der Waals surface area contributed by atoms with E-state index in [1.54, 1.807) is 19.1 Å². The number of aryl methyl sites for hydroxylation is 2. The van der Waals surface area contributed by atoms with Crippen molar-refractivity contribution in [1.82, 2.24) is 15.4 Å². The van der Waals surface area contributed by atoms with Crippen LogP contribution in [0.25, 0.3) is 0 Å². The highest BCUT2D eigenvalue weighted by atomic mass is 32.2. The molecule has 0 aliphatic heterocycles. The SMILES string of the molecule is CNC(C)CNC(=O)CCNS(=O)(=O)c1cc(C)ccc1C. The van der Waals surface area contributed by atoms with Gasteiger partial charge in [-0.15, -0.1) is 0 Å². The van der Waals surface area contributed by atoms with Crippen LogP contribution in [0.4, 0.5) is 0 Å². The lowest BCUT2D eigenvalue weighted by Crippen LogP contribution is -2.38. The monoisotopic (exact) mass is 327 g/mol. The molecule has 1 aromatic carbocycles. The Kier molecular flexibility index (Phi) is 6.99. The number of hydrogen-bond acceptors (Lipinski definition) is 4. The summed E-state index contributed by atoms with van der Waals surface area (Å²) < 4.78 is 27.0. The molecule has 124 valence electrons. The topological polar surface area (TPSA) is 87.3 Å². The van der Waals surface area contributed by atoms with Gasteiger partial charge in [-0.3, -0.25) is 4.79 Å². The summed E-state index contributed by atoms with van der Waals surface area (Å²) >= 11 is 0. The Labute approximate surface area is 132 Å². The van der Waals surface area contributed by atoms with Crippen LogP contribution in [0.15, 0.2) is 23.1 Å². The van der Waals surface area contributed by atoms with Crippen LogP contribution in [0.1, 0.15) is 24.5 Å². The van der Waals surface area contributed by atoms with Crippen LogP contribution in [0.3, 0.4) is 0 Å². The lowest BCUT2D eigenvalue weighted by molar-refractivity contribution is -0.121. The van der Waals surface area contributed by atoms with Crippen molar-refractivity contribution >= 4 is 15.9 Å². The minimum Gasteiger partial charge on any atom is -0.355 e. The van der Waals surface area contributed by atoms with Crippen molar-refractivity contribution in [2.75, 3.05) is 20.1 Å². The molecule has 1 amide bonds. The number of nitrogens with one attached hydrogen (secondary N) is 3. The molecule has 0 radical (unpaired) electrons. The van der Waals surface area contributed by atoms with Gasteiger partial charge < -0.3 is 10.6 Å². The molecule has 7 heteroatoms. The second-order valence-corrected chi connectivity index (χ2v) is 7.15. The average molecular weight is 327 g/mol. The van der Waals surface area contributed by atoms with Crippen molar-refractivity contribution in [3.63, 3.8) is 0 Å². The Morgan fingerprint density at radius 2 is 1.95 bits per heavy atom. The number of rotatable bonds is 8. The smallest absolute Gasteiger partial charge is 0.240 e. The van der Waals surface area contributed by atoms with E-state index in [-0.39, 0.29) is 29.8 Å². The predicted octanol–water partition coefficient (Wildman–Crippen LogP) is 0.696. The van der Waals surface area contributed by atoms with Crippen LogP contribution >= 0.6 is 0 Å². The highest BCUT2D eigenvalue weighted by Crippen LogP contribution is 2.16. The molecule has 0 aliphatic rings. The first-order valence-electron chi connectivity index (χ1n) is 7.27. The largest absolute Gasteiger partial charge is 0.355 e. The number of hydrogen-bond donors (Lipinski definition) is 3. The van der Waals surface area contributed by atoms with Crippen molar-refractivity contribution in [1.29, 1.82) is 0 Å².